The number of carbonyl (C=O) groups is 3. The molecule has 0 rings (SSSR count). The average molecular weight is 1030 g/mol. The van der Waals surface area contributed by atoms with Gasteiger partial charge in [-0.3, -0.25) is 14.4 Å². The van der Waals surface area contributed by atoms with Crippen LogP contribution in [0.3, 0.4) is 0 Å². The molecule has 0 aromatic carbocycles. The highest BCUT2D eigenvalue weighted by molar-refractivity contribution is 5.71. The first-order valence-electron chi connectivity index (χ1n) is 33.2. The highest BCUT2D eigenvalue weighted by Gasteiger charge is 2.19. The third kappa shape index (κ3) is 60.9. The van der Waals surface area contributed by atoms with Crippen molar-refractivity contribution in [3.8, 4) is 0 Å². The normalized spacial score (nSPS) is 12.0. The maximum absolute atomic E-state index is 12.9. The zero-order valence-electron chi connectivity index (χ0n) is 49.7. The molecule has 0 aromatic rings. The second kappa shape index (κ2) is 62.7. The summed E-state index contributed by atoms with van der Waals surface area (Å²) >= 11 is 0. The summed E-state index contributed by atoms with van der Waals surface area (Å²) < 4.78 is 16.9. The van der Waals surface area contributed by atoms with Crippen molar-refractivity contribution in [2.75, 3.05) is 13.2 Å². The Hall–Kier alpha value is -1.85. The molecular formula is C67H128O6. The van der Waals surface area contributed by atoms with Gasteiger partial charge in [0.15, 0.2) is 6.10 Å². The summed E-state index contributed by atoms with van der Waals surface area (Å²) in [4.78, 5) is 38.2. The van der Waals surface area contributed by atoms with Crippen LogP contribution in [0.25, 0.3) is 0 Å². The van der Waals surface area contributed by atoms with Crippen LogP contribution in [0.2, 0.25) is 0 Å². The third-order valence-electron chi connectivity index (χ3n) is 15.3. The van der Waals surface area contributed by atoms with E-state index < -0.39 is 6.10 Å². The van der Waals surface area contributed by atoms with E-state index >= 15 is 0 Å². The van der Waals surface area contributed by atoms with E-state index in [1.807, 2.05) is 0 Å². The quantitative estimate of drug-likeness (QED) is 0.0261. The van der Waals surface area contributed by atoms with Gasteiger partial charge in [-0.05, 0) is 38.5 Å². The largest absolute Gasteiger partial charge is 0.462 e. The lowest BCUT2D eigenvalue weighted by atomic mass is 10.0. The fraction of sp³-hybridized carbons (Fsp3) is 0.925. The van der Waals surface area contributed by atoms with Crippen LogP contribution in [0.1, 0.15) is 380 Å². The number of esters is 3. The summed E-state index contributed by atoms with van der Waals surface area (Å²) in [5.41, 5.74) is 0. The van der Waals surface area contributed by atoms with E-state index in [-0.39, 0.29) is 31.1 Å². The Bertz CT molecular complexity index is 1130. The summed E-state index contributed by atoms with van der Waals surface area (Å²) in [5, 5.41) is 0. The molecule has 0 N–H and O–H groups in total. The van der Waals surface area contributed by atoms with Crippen LogP contribution < -0.4 is 0 Å². The van der Waals surface area contributed by atoms with Crippen LogP contribution in [0, 0.1) is 0 Å². The molecule has 1 unspecified atom stereocenters. The summed E-state index contributed by atoms with van der Waals surface area (Å²) in [6, 6.07) is 0. The zero-order valence-corrected chi connectivity index (χ0v) is 49.7. The van der Waals surface area contributed by atoms with Crippen LogP contribution in [-0.4, -0.2) is 37.2 Å². The molecule has 73 heavy (non-hydrogen) atoms. The topological polar surface area (TPSA) is 78.9 Å². The first-order valence-corrected chi connectivity index (χ1v) is 33.2. The lowest BCUT2D eigenvalue weighted by Gasteiger charge is -2.18. The number of allylic oxidation sites excluding steroid dienone is 2. The van der Waals surface area contributed by atoms with Crippen molar-refractivity contribution in [2.24, 2.45) is 0 Å². The molecule has 432 valence electrons. The van der Waals surface area contributed by atoms with Crippen LogP contribution in [0.5, 0.6) is 0 Å². The molecular weight excluding hydrogens is 901 g/mol. The number of hydrogen-bond donors (Lipinski definition) is 0. The second-order valence-corrected chi connectivity index (χ2v) is 22.7. The van der Waals surface area contributed by atoms with E-state index in [2.05, 4.69) is 32.9 Å². The van der Waals surface area contributed by atoms with Crippen molar-refractivity contribution in [1.29, 1.82) is 0 Å². The average Bonchev–Trinajstić information content (AvgIpc) is 3.39. The Kier molecular flexibility index (Phi) is 61.1. The Morgan fingerprint density at radius 2 is 0.479 bits per heavy atom. The Labute approximate surface area is 456 Å². The molecule has 0 aliphatic rings. The zero-order chi connectivity index (χ0) is 52.9. The SMILES string of the molecule is CCC/C=C\CCCCCCCC(=O)OCC(COC(=O)CCCCCCCCCCCCCCCCCCCCCCCCCCCCC)OC(=O)CCCCCCCCCCCCCCCCCCCC. The van der Waals surface area contributed by atoms with Gasteiger partial charge in [0.25, 0.3) is 0 Å². The minimum absolute atomic E-state index is 0.0663. The predicted molar refractivity (Wildman–Crippen MR) is 317 cm³/mol. The smallest absolute Gasteiger partial charge is 0.306 e. The molecule has 0 saturated carbocycles. The molecule has 6 heteroatoms. The van der Waals surface area contributed by atoms with Gasteiger partial charge in [-0.25, -0.2) is 0 Å². The van der Waals surface area contributed by atoms with Gasteiger partial charge in [-0.15, -0.1) is 0 Å². The number of hydrogen-bond acceptors (Lipinski definition) is 6. The minimum Gasteiger partial charge on any atom is -0.462 e. The lowest BCUT2D eigenvalue weighted by Crippen LogP contribution is -2.30. The first kappa shape index (κ1) is 71.2. The molecule has 0 saturated heterocycles. The fourth-order valence-corrected chi connectivity index (χ4v) is 10.3. The standard InChI is InChI=1S/C67H128O6/c1-4-7-10-13-16-19-22-24-26-28-30-31-32-33-34-35-36-37-38-40-41-43-45-48-51-54-57-60-66(69)72-63-64(62-71-65(68)59-56-53-50-47-21-18-15-12-9-6-3)73-67(70)61-58-55-52-49-46-44-42-39-29-27-25-23-20-17-14-11-8-5-2/h12,15,64H,4-11,13-14,16-63H2,1-3H3/b15-12-. The van der Waals surface area contributed by atoms with Gasteiger partial charge < -0.3 is 14.2 Å². The monoisotopic (exact) mass is 1030 g/mol. The number of ether oxygens (including phenoxy) is 3. The number of unbranched alkanes of at least 4 members (excludes halogenated alkanes) is 49. The molecule has 0 amide bonds. The summed E-state index contributed by atoms with van der Waals surface area (Å²) in [5.74, 6) is -0.848. The van der Waals surface area contributed by atoms with Crippen molar-refractivity contribution in [2.45, 2.75) is 386 Å². The first-order chi connectivity index (χ1) is 36.0. The number of carbonyl (C=O) groups excluding carboxylic acids is 3. The highest BCUT2D eigenvalue weighted by atomic mass is 16.6. The van der Waals surface area contributed by atoms with Gasteiger partial charge in [0.2, 0.25) is 0 Å². The van der Waals surface area contributed by atoms with Gasteiger partial charge in [0, 0.05) is 19.3 Å². The van der Waals surface area contributed by atoms with Gasteiger partial charge in [0.1, 0.15) is 13.2 Å². The second-order valence-electron chi connectivity index (χ2n) is 22.7. The van der Waals surface area contributed by atoms with E-state index in [1.54, 1.807) is 0 Å². The van der Waals surface area contributed by atoms with Crippen molar-refractivity contribution in [3.05, 3.63) is 12.2 Å². The molecule has 0 aliphatic carbocycles. The Morgan fingerprint density at radius 1 is 0.260 bits per heavy atom. The van der Waals surface area contributed by atoms with E-state index in [1.165, 1.54) is 270 Å². The van der Waals surface area contributed by atoms with Crippen molar-refractivity contribution < 1.29 is 28.6 Å². The molecule has 0 aliphatic heterocycles. The fourth-order valence-electron chi connectivity index (χ4n) is 10.3. The van der Waals surface area contributed by atoms with E-state index in [0.717, 1.165) is 70.6 Å². The Balaban J connectivity index is 4.11. The molecule has 0 heterocycles. The van der Waals surface area contributed by atoms with Crippen LogP contribution in [0.4, 0.5) is 0 Å². The molecule has 0 fully saturated rings. The summed E-state index contributed by atoms with van der Waals surface area (Å²) in [6.45, 7) is 6.65. The van der Waals surface area contributed by atoms with Crippen LogP contribution >= 0.6 is 0 Å². The van der Waals surface area contributed by atoms with Gasteiger partial charge >= 0.3 is 17.9 Å². The molecule has 0 radical (unpaired) electrons. The van der Waals surface area contributed by atoms with Crippen molar-refractivity contribution in [3.63, 3.8) is 0 Å². The van der Waals surface area contributed by atoms with Crippen molar-refractivity contribution >= 4 is 17.9 Å². The van der Waals surface area contributed by atoms with E-state index in [9.17, 15) is 14.4 Å². The minimum atomic E-state index is -0.768. The third-order valence-corrected chi connectivity index (χ3v) is 15.3. The molecule has 0 aromatic heterocycles. The lowest BCUT2D eigenvalue weighted by molar-refractivity contribution is -0.167. The Morgan fingerprint density at radius 3 is 0.740 bits per heavy atom. The summed E-state index contributed by atoms with van der Waals surface area (Å²) in [7, 11) is 0. The molecule has 0 bridgehead atoms. The van der Waals surface area contributed by atoms with E-state index in [4.69, 9.17) is 14.2 Å². The van der Waals surface area contributed by atoms with Gasteiger partial charge in [-0.1, -0.05) is 335 Å². The van der Waals surface area contributed by atoms with Crippen molar-refractivity contribution in [1.82, 2.24) is 0 Å². The molecule has 0 spiro atoms. The predicted octanol–water partition coefficient (Wildman–Crippen LogP) is 22.4. The van der Waals surface area contributed by atoms with Crippen LogP contribution in [-0.2, 0) is 28.6 Å². The maximum atomic E-state index is 12.9. The van der Waals surface area contributed by atoms with Gasteiger partial charge in [0.05, 0.1) is 0 Å². The summed E-state index contributed by atoms with van der Waals surface area (Å²) in [6.07, 6.45) is 73.9. The highest BCUT2D eigenvalue weighted by Crippen LogP contribution is 2.19. The van der Waals surface area contributed by atoms with Gasteiger partial charge in [-0.2, -0.15) is 0 Å². The number of rotatable bonds is 62. The maximum Gasteiger partial charge on any atom is 0.306 e. The van der Waals surface area contributed by atoms with Crippen LogP contribution in [0.15, 0.2) is 12.2 Å². The molecule has 6 nitrogen and oxygen atoms in total. The molecule has 1 atom stereocenters. The van der Waals surface area contributed by atoms with E-state index in [0.29, 0.717) is 19.3 Å².